The van der Waals surface area contributed by atoms with Crippen molar-refractivity contribution in [3.8, 4) is 5.75 Å². The van der Waals surface area contributed by atoms with Crippen LogP contribution in [0.4, 0.5) is 0 Å². The smallest absolute Gasteiger partial charge is 0.325 e. The Kier molecular flexibility index (Phi) is 7.56. The SMILES string of the molecule is CC(C)C[C@H](N)C(=O)OCOc1c(C(C)C)cccc1C(C)C. The van der Waals surface area contributed by atoms with E-state index in [0.717, 1.165) is 16.9 Å². The van der Waals surface area contributed by atoms with Gasteiger partial charge in [0.2, 0.25) is 6.79 Å². The van der Waals surface area contributed by atoms with Gasteiger partial charge in [0.05, 0.1) is 0 Å². The highest BCUT2D eigenvalue weighted by Gasteiger charge is 2.18. The van der Waals surface area contributed by atoms with Gasteiger partial charge in [-0.05, 0) is 35.3 Å². The number of esters is 1. The van der Waals surface area contributed by atoms with Crippen molar-refractivity contribution >= 4 is 5.97 Å². The summed E-state index contributed by atoms with van der Waals surface area (Å²) in [6.07, 6.45) is 0.610. The van der Waals surface area contributed by atoms with Crippen LogP contribution in [0.2, 0.25) is 0 Å². The summed E-state index contributed by atoms with van der Waals surface area (Å²) in [6.45, 7) is 12.4. The number of benzene rings is 1. The van der Waals surface area contributed by atoms with E-state index in [4.69, 9.17) is 15.2 Å². The monoisotopic (exact) mass is 321 g/mol. The van der Waals surface area contributed by atoms with Gasteiger partial charge >= 0.3 is 5.97 Å². The quantitative estimate of drug-likeness (QED) is 0.576. The van der Waals surface area contributed by atoms with E-state index >= 15 is 0 Å². The second kappa shape index (κ2) is 8.92. The van der Waals surface area contributed by atoms with Gasteiger partial charge in [-0.15, -0.1) is 0 Å². The van der Waals surface area contributed by atoms with Crippen LogP contribution >= 0.6 is 0 Å². The van der Waals surface area contributed by atoms with Crippen molar-refractivity contribution in [2.45, 2.75) is 65.8 Å². The summed E-state index contributed by atoms with van der Waals surface area (Å²) in [5.74, 6) is 1.44. The molecule has 1 aromatic carbocycles. The molecule has 1 rings (SSSR count). The van der Waals surface area contributed by atoms with E-state index in [2.05, 4.69) is 39.8 Å². The van der Waals surface area contributed by atoms with Gasteiger partial charge in [0.25, 0.3) is 0 Å². The predicted octanol–water partition coefficient (Wildman–Crippen LogP) is 4.19. The summed E-state index contributed by atoms with van der Waals surface area (Å²) in [5.41, 5.74) is 8.07. The van der Waals surface area contributed by atoms with Crippen LogP contribution in [0.3, 0.4) is 0 Å². The summed E-state index contributed by atoms with van der Waals surface area (Å²) in [7, 11) is 0. The molecule has 0 bridgehead atoms. The lowest BCUT2D eigenvalue weighted by atomic mass is 9.94. The third-order valence-electron chi connectivity index (χ3n) is 3.75. The molecule has 130 valence electrons. The molecule has 0 saturated heterocycles. The van der Waals surface area contributed by atoms with Crippen LogP contribution in [0.1, 0.15) is 70.9 Å². The number of hydrogen-bond donors (Lipinski definition) is 1. The number of nitrogens with two attached hydrogens (primary N) is 1. The molecule has 0 fully saturated rings. The average Bonchev–Trinajstić information content (AvgIpc) is 2.45. The lowest BCUT2D eigenvalue weighted by Gasteiger charge is -2.20. The van der Waals surface area contributed by atoms with Crippen molar-refractivity contribution in [3.63, 3.8) is 0 Å². The van der Waals surface area contributed by atoms with Gasteiger partial charge in [-0.1, -0.05) is 59.7 Å². The van der Waals surface area contributed by atoms with Crippen molar-refractivity contribution in [1.82, 2.24) is 0 Å². The zero-order valence-electron chi connectivity index (χ0n) is 15.3. The van der Waals surface area contributed by atoms with Gasteiger partial charge in [0.15, 0.2) is 0 Å². The topological polar surface area (TPSA) is 61.6 Å². The normalized spacial score (nSPS) is 12.8. The highest BCUT2D eigenvalue weighted by molar-refractivity contribution is 5.75. The second-order valence-electron chi connectivity index (χ2n) is 7.04. The zero-order valence-corrected chi connectivity index (χ0v) is 15.3. The summed E-state index contributed by atoms with van der Waals surface area (Å²) in [5, 5.41) is 0. The van der Waals surface area contributed by atoms with Gasteiger partial charge in [-0.25, -0.2) is 0 Å². The molecule has 0 aliphatic carbocycles. The minimum absolute atomic E-state index is 0.103. The summed E-state index contributed by atoms with van der Waals surface area (Å²) >= 11 is 0. The standard InChI is InChI=1S/C19H31NO3/c1-12(2)10-17(20)19(21)23-11-22-18-15(13(3)4)8-7-9-16(18)14(5)6/h7-9,12-14,17H,10-11,20H2,1-6H3/t17-/m0/s1. The average molecular weight is 321 g/mol. The Hall–Kier alpha value is -1.55. The Balaban J connectivity index is 2.75. The molecule has 23 heavy (non-hydrogen) atoms. The summed E-state index contributed by atoms with van der Waals surface area (Å²) < 4.78 is 11.0. The number of rotatable bonds is 8. The number of carbonyl (C=O) groups is 1. The fourth-order valence-corrected chi connectivity index (χ4v) is 2.51. The summed E-state index contributed by atoms with van der Waals surface area (Å²) in [4.78, 5) is 11.9. The third kappa shape index (κ3) is 5.87. The maximum absolute atomic E-state index is 11.9. The molecule has 0 aliphatic rings. The van der Waals surface area contributed by atoms with Crippen LogP contribution in [0.15, 0.2) is 18.2 Å². The van der Waals surface area contributed by atoms with Crippen LogP contribution in [0, 0.1) is 5.92 Å². The fourth-order valence-electron chi connectivity index (χ4n) is 2.51. The molecule has 0 amide bonds. The molecule has 4 heteroatoms. The maximum Gasteiger partial charge on any atom is 0.325 e. The Labute approximate surface area is 140 Å². The first-order chi connectivity index (χ1) is 10.7. The zero-order chi connectivity index (χ0) is 17.6. The second-order valence-corrected chi connectivity index (χ2v) is 7.04. The van der Waals surface area contributed by atoms with Crippen molar-refractivity contribution in [2.24, 2.45) is 11.7 Å². The van der Waals surface area contributed by atoms with Crippen LogP contribution < -0.4 is 10.5 Å². The highest BCUT2D eigenvalue weighted by Crippen LogP contribution is 2.34. The van der Waals surface area contributed by atoms with E-state index in [1.807, 2.05) is 19.9 Å². The molecule has 0 aliphatic heterocycles. The van der Waals surface area contributed by atoms with Crippen molar-refractivity contribution in [3.05, 3.63) is 29.3 Å². The molecular weight excluding hydrogens is 290 g/mol. The van der Waals surface area contributed by atoms with E-state index in [1.54, 1.807) is 0 Å². The number of para-hydroxylation sites is 1. The van der Waals surface area contributed by atoms with E-state index in [0.29, 0.717) is 24.2 Å². The molecular formula is C19H31NO3. The molecule has 0 radical (unpaired) electrons. The third-order valence-corrected chi connectivity index (χ3v) is 3.75. The van der Waals surface area contributed by atoms with Gasteiger partial charge in [-0.2, -0.15) is 0 Å². The molecule has 0 aromatic heterocycles. The van der Waals surface area contributed by atoms with Crippen LogP contribution in [-0.4, -0.2) is 18.8 Å². The first-order valence-corrected chi connectivity index (χ1v) is 8.41. The Morgan fingerprint density at radius 1 is 1.04 bits per heavy atom. The van der Waals surface area contributed by atoms with Crippen molar-refractivity contribution in [1.29, 1.82) is 0 Å². The lowest BCUT2D eigenvalue weighted by molar-refractivity contribution is -0.152. The predicted molar refractivity (Wildman–Crippen MR) is 93.6 cm³/mol. The first-order valence-electron chi connectivity index (χ1n) is 8.41. The molecule has 1 aromatic rings. The Bertz CT molecular complexity index is 483. The Morgan fingerprint density at radius 3 is 2.00 bits per heavy atom. The van der Waals surface area contributed by atoms with Gasteiger partial charge in [0.1, 0.15) is 11.8 Å². The first kappa shape index (κ1) is 19.5. The van der Waals surface area contributed by atoms with Crippen LogP contribution in [0.25, 0.3) is 0 Å². The lowest BCUT2D eigenvalue weighted by Crippen LogP contribution is -2.34. The number of ether oxygens (including phenoxy) is 2. The van der Waals surface area contributed by atoms with E-state index in [9.17, 15) is 4.79 Å². The number of hydrogen-bond acceptors (Lipinski definition) is 4. The fraction of sp³-hybridized carbons (Fsp3) is 0.632. The molecule has 4 nitrogen and oxygen atoms in total. The Morgan fingerprint density at radius 2 is 1.57 bits per heavy atom. The van der Waals surface area contributed by atoms with E-state index < -0.39 is 12.0 Å². The number of carbonyl (C=O) groups excluding carboxylic acids is 1. The van der Waals surface area contributed by atoms with Gasteiger partial charge in [-0.3, -0.25) is 4.79 Å². The molecule has 0 spiro atoms. The molecule has 0 heterocycles. The highest BCUT2D eigenvalue weighted by atomic mass is 16.7. The van der Waals surface area contributed by atoms with Gasteiger partial charge < -0.3 is 15.2 Å². The minimum Gasteiger partial charge on any atom is -0.457 e. The largest absolute Gasteiger partial charge is 0.457 e. The van der Waals surface area contributed by atoms with Crippen molar-refractivity contribution < 1.29 is 14.3 Å². The van der Waals surface area contributed by atoms with Crippen LogP contribution in [-0.2, 0) is 9.53 Å². The van der Waals surface area contributed by atoms with Crippen LogP contribution in [0.5, 0.6) is 5.75 Å². The molecule has 2 N–H and O–H groups in total. The molecule has 1 atom stereocenters. The summed E-state index contributed by atoms with van der Waals surface area (Å²) in [6, 6.07) is 5.56. The maximum atomic E-state index is 11.9. The molecule has 0 saturated carbocycles. The molecule has 0 unspecified atom stereocenters. The van der Waals surface area contributed by atoms with E-state index in [-0.39, 0.29) is 6.79 Å². The van der Waals surface area contributed by atoms with Crippen molar-refractivity contribution in [2.75, 3.05) is 6.79 Å². The minimum atomic E-state index is -0.594. The van der Waals surface area contributed by atoms with E-state index in [1.165, 1.54) is 0 Å². The van der Waals surface area contributed by atoms with Gasteiger partial charge in [0, 0.05) is 0 Å².